The van der Waals surface area contributed by atoms with Crippen molar-refractivity contribution in [3.8, 4) is 5.75 Å². The van der Waals surface area contributed by atoms with Gasteiger partial charge in [0.15, 0.2) is 6.61 Å². The fourth-order valence-electron chi connectivity index (χ4n) is 2.17. The minimum Gasteiger partial charge on any atom is -0.484 e. The Balaban J connectivity index is 1.77. The van der Waals surface area contributed by atoms with Crippen LogP contribution in [0.3, 0.4) is 0 Å². The first-order chi connectivity index (χ1) is 10.6. The Labute approximate surface area is 132 Å². The number of nitrogens with one attached hydrogen (secondary N) is 1. The number of hydrogen-bond acceptors (Lipinski definition) is 2. The second-order valence-corrected chi connectivity index (χ2v) is 5.65. The third-order valence-electron chi connectivity index (χ3n) is 3.82. The lowest BCUT2D eigenvalue weighted by Crippen LogP contribution is -2.31. The van der Waals surface area contributed by atoms with Crippen LogP contribution in [0.4, 0.5) is 0 Å². The maximum Gasteiger partial charge on any atom is 0.257 e. The highest BCUT2D eigenvalue weighted by Crippen LogP contribution is 2.16. The molecule has 0 saturated carbocycles. The second-order valence-electron chi connectivity index (χ2n) is 5.65. The first-order valence-corrected chi connectivity index (χ1v) is 7.58. The van der Waals surface area contributed by atoms with Crippen molar-refractivity contribution in [3.63, 3.8) is 0 Å². The highest BCUT2D eigenvalue weighted by molar-refractivity contribution is 5.77. The monoisotopic (exact) mass is 297 g/mol. The molecule has 0 radical (unpaired) electrons. The normalized spacial score (nSPS) is 11.8. The topological polar surface area (TPSA) is 38.3 Å². The highest BCUT2D eigenvalue weighted by Gasteiger charge is 2.08. The predicted molar refractivity (Wildman–Crippen MR) is 89.3 cm³/mol. The Hall–Kier alpha value is -2.29. The van der Waals surface area contributed by atoms with E-state index in [9.17, 15) is 4.79 Å². The van der Waals surface area contributed by atoms with Crippen molar-refractivity contribution in [1.29, 1.82) is 0 Å². The first-order valence-electron chi connectivity index (χ1n) is 7.58. The number of ether oxygens (including phenoxy) is 1. The van der Waals surface area contributed by atoms with E-state index < -0.39 is 0 Å². The Bertz CT molecular complexity index is 623. The van der Waals surface area contributed by atoms with Crippen molar-refractivity contribution in [1.82, 2.24) is 5.32 Å². The van der Waals surface area contributed by atoms with E-state index in [0.717, 1.165) is 11.3 Å². The molecule has 2 rings (SSSR count). The van der Waals surface area contributed by atoms with Gasteiger partial charge in [-0.25, -0.2) is 0 Å². The molecule has 3 nitrogen and oxygen atoms in total. The molecule has 0 aliphatic heterocycles. The third-order valence-corrected chi connectivity index (χ3v) is 3.82. The Kier molecular flexibility index (Phi) is 5.59. The molecule has 3 heteroatoms. The average Bonchev–Trinajstić information content (AvgIpc) is 2.54. The van der Waals surface area contributed by atoms with Gasteiger partial charge in [0, 0.05) is 6.54 Å². The summed E-state index contributed by atoms with van der Waals surface area (Å²) in [6, 6.07) is 16.0. The summed E-state index contributed by atoms with van der Waals surface area (Å²) in [4.78, 5) is 11.9. The van der Waals surface area contributed by atoms with Crippen molar-refractivity contribution >= 4 is 5.91 Å². The number of amides is 1. The number of aryl methyl sites for hydroxylation is 2. The highest BCUT2D eigenvalue weighted by atomic mass is 16.5. The molecule has 0 spiro atoms. The molecule has 1 atom stereocenters. The van der Waals surface area contributed by atoms with Gasteiger partial charge in [-0.2, -0.15) is 0 Å². The summed E-state index contributed by atoms with van der Waals surface area (Å²) in [5.41, 5.74) is 3.60. The molecular weight excluding hydrogens is 274 g/mol. The van der Waals surface area contributed by atoms with Crippen molar-refractivity contribution < 1.29 is 9.53 Å². The zero-order valence-corrected chi connectivity index (χ0v) is 13.4. The van der Waals surface area contributed by atoms with Crippen LogP contribution in [-0.4, -0.2) is 19.1 Å². The van der Waals surface area contributed by atoms with Gasteiger partial charge in [-0.3, -0.25) is 4.79 Å². The summed E-state index contributed by atoms with van der Waals surface area (Å²) in [7, 11) is 0. The predicted octanol–water partition coefficient (Wildman–Crippen LogP) is 3.60. The van der Waals surface area contributed by atoms with Crippen LogP contribution in [0.5, 0.6) is 5.75 Å². The summed E-state index contributed by atoms with van der Waals surface area (Å²) in [5.74, 6) is 0.919. The molecule has 0 fully saturated rings. The number of carbonyl (C=O) groups is 1. The summed E-state index contributed by atoms with van der Waals surface area (Å²) >= 11 is 0. The van der Waals surface area contributed by atoms with Gasteiger partial charge < -0.3 is 10.1 Å². The van der Waals surface area contributed by atoms with E-state index in [1.165, 1.54) is 11.1 Å². The van der Waals surface area contributed by atoms with E-state index >= 15 is 0 Å². The quantitative estimate of drug-likeness (QED) is 0.884. The van der Waals surface area contributed by atoms with Gasteiger partial charge in [-0.05, 0) is 48.6 Å². The van der Waals surface area contributed by atoms with Crippen molar-refractivity contribution in [3.05, 3.63) is 65.2 Å². The summed E-state index contributed by atoms with van der Waals surface area (Å²) in [5, 5.41) is 2.91. The lowest BCUT2D eigenvalue weighted by atomic mass is 10.0. The van der Waals surface area contributed by atoms with Gasteiger partial charge in [-0.15, -0.1) is 0 Å². The molecule has 22 heavy (non-hydrogen) atoms. The molecule has 0 aromatic heterocycles. The SMILES string of the molecule is Cc1ccc(OCC(=O)NCC(C)c2ccccc2)cc1C. The fraction of sp³-hybridized carbons (Fsp3) is 0.316. The van der Waals surface area contributed by atoms with Crippen LogP contribution >= 0.6 is 0 Å². The molecule has 0 aliphatic rings. The van der Waals surface area contributed by atoms with Gasteiger partial charge in [-0.1, -0.05) is 43.3 Å². The van der Waals surface area contributed by atoms with Crippen LogP contribution in [0.2, 0.25) is 0 Å². The van der Waals surface area contributed by atoms with Crippen LogP contribution in [-0.2, 0) is 4.79 Å². The number of rotatable bonds is 6. The van der Waals surface area contributed by atoms with Crippen molar-refractivity contribution in [2.75, 3.05) is 13.2 Å². The number of carbonyl (C=O) groups excluding carboxylic acids is 1. The van der Waals surface area contributed by atoms with E-state index in [1.54, 1.807) is 0 Å². The minimum atomic E-state index is -0.0963. The molecule has 116 valence electrons. The molecule has 1 unspecified atom stereocenters. The molecule has 0 aliphatic carbocycles. The molecule has 1 amide bonds. The summed E-state index contributed by atoms with van der Waals surface area (Å²) < 4.78 is 5.53. The van der Waals surface area contributed by atoms with E-state index in [-0.39, 0.29) is 18.4 Å². The van der Waals surface area contributed by atoms with Crippen LogP contribution in [0.15, 0.2) is 48.5 Å². The third kappa shape index (κ3) is 4.62. The molecule has 2 aromatic carbocycles. The van der Waals surface area contributed by atoms with E-state index in [2.05, 4.69) is 31.3 Å². The van der Waals surface area contributed by atoms with E-state index in [4.69, 9.17) is 4.74 Å². The molecule has 0 bridgehead atoms. The second kappa shape index (κ2) is 7.64. The standard InChI is InChI=1S/C19H23NO2/c1-14-9-10-18(11-15(14)2)22-13-19(21)20-12-16(3)17-7-5-4-6-8-17/h4-11,16H,12-13H2,1-3H3,(H,20,21). The first kappa shape index (κ1) is 16.1. The number of hydrogen-bond donors (Lipinski definition) is 1. The molecular formula is C19H23NO2. The molecule has 0 saturated heterocycles. The van der Waals surface area contributed by atoms with Gasteiger partial charge in [0.05, 0.1) is 0 Å². The summed E-state index contributed by atoms with van der Waals surface area (Å²) in [6.45, 7) is 6.84. The van der Waals surface area contributed by atoms with Gasteiger partial charge >= 0.3 is 0 Å². The smallest absolute Gasteiger partial charge is 0.257 e. The minimum absolute atomic E-state index is 0.0456. The maximum absolute atomic E-state index is 11.9. The van der Waals surface area contributed by atoms with Crippen molar-refractivity contribution in [2.24, 2.45) is 0 Å². The molecule has 2 aromatic rings. The largest absolute Gasteiger partial charge is 0.484 e. The van der Waals surface area contributed by atoms with Gasteiger partial charge in [0.25, 0.3) is 5.91 Å². The van der Waals surface area contributed by atoms with Crippen LogP contribution < -0.4 is 10.1 Å². The Morgan fingerprint density at radius 3 is 2.50 bits per heavy atom. The zero-order valence-electron chi connectivity index (χ0n) is 13.4. The zero-order chi connectivity index (χ0) is 15.9. The van der Waals surface area contributed by atoms with Crippen LogP contribution in [0, 0.1) is 13.8 Å². The molecule has 0 heterocycles. The maximum atomic E-state index is 11.9. The van der Waals surface area contributed by atoms with Crippen LogP contribution in [0.25, 0.3) is 0 Å². The lowest BCUT2D eigenvalue weighted by Gasteiger charge is -2.13. The van der Waals surface area contributed by atoms with Gasteiger partial charge in [0.2, 0.25) is 0 Å². The number of benzene rings is 2. The molecule has 1 N–H and O–H groups in total. The Morgan fingerprint density at radius 2 is 1.82 bits per heavy atom. The average molecular weight is 297 g/mol. The van der Waals surface area contributed by atoms with E-state index in [0.29, 0.717) is 6.54 Å². The Morgan fingerprint density at radius 1 is 1.09 bits per heavy atom. The van der Waals surface area contributed by atoms with E-state index in [1.807, 2.05) is 43.3 Å². The van der Waals surface area contributed by atoms with Crippen molar-refractivity contribution in [2.45, 2.75) is 26.7 Å². The summed E-state index contributed by atoms with van der Waals surface area (Å²) in [6.07, 6.45) is 0. The lowest BCUT2D eigenvalue weighted by molar-refractivity contribution is -0.123. The van der Waals surface area contributed by atoms with Crippen LogP contribution in [0.1, 0.15) is 29.5 Å². The van der Waals surface area contributed by atoms with Gasteiger partial charge in [0.1, 0.15) is 5.75 Å². The fourth-order valence-corrected chi connectivity index (χ4v) is 2.17.